The smallest absolute Gasteiger partial charge is 0.0345 e. The van der Waals surface area contributed by atoms with Gasteiger partial charge >= 0.3 is 0 Å². The van der Waals surface area contributed by atoms with Crippen LogP contribution in [0.3, 0.4) is 0 Å². The van der Waals surface area contributed by atoms with E-state index in [2.05, 4.69) is 36.5 Å². The Hall–Kier alpha value is -0.630. The number of rotatable bonds is 5. The number of anilines is 1. The van der Waals surface area contributed by atoms with E-state index < -0.39 is 0 Å². The lowest BCUT2D eigenvalue weighted by atomic mass is 10.2. The van der Waals surface area contributed by atoms with Crippen molar-refractivity contribution >= 4 is 17.4 Å². The molecule has 88 valence electrons. The van der Waals surface area contributed by atoms with Crippen molar-refractivity contribution in [1.29, 1.82) is 0 Å². The fourth-order valence-electron chi connectivity index (χ4n) is 2.28. The molecule has 0 aliphatic heterocycles. The van der Waals surface area contributed by atoms with Crippen molar-refractivity contribution in [2.75, 3.05) is 11.1 Å². The van der Waals surface area contributed by atoms with E-state index in [1.807, 2.05) is 11.8 Å². The molecule has 1 aliphatic rings. The second kappa shape index (κ2) is 6.19. The molecule has 0 spiro atoms. The van der Waals surface area contributed by atoms with Crippen molar-refractivity contribution in [2.45, 2.75) is 44.4 Å². The van der Waals surface area contributed by atoms with Gasteiger partial charge in [0.1, 0.15) is 0 Å². The van der Waals surface area contributed by atoms with Gasteiger partial charge in [-0.25, -0.2) is 0 Å². The zero-order valence-corrected chi connectivity index (χ0v) is 10.9. The van der Waals surface area contributed by atoms with Gasteiger partial charge in [0.2, 0.25) is 0 Å². The van der Waals surface area contributed by atoms with Crippen LogP contribution in [-0.4, -0.2) is 11.8 Å². The third-order valence-electron chi connectivity index (χ3n) is 3.13. The molecule has 1 fully saturated rings. The maximum absolute atomic E-state index is 3.65. The van der Waals surface area contributed by atoms with Gasteiger partial charge in [0.25, 0.3) is 0 Å². The first-order chi connectivity index (χ1) is 7.88. The standard InChI is InChI=1S/C14H21NS/c1-2-16-11-12-6-5-9-14(10-12)15-13-7-3-4-8-13/h5-6,9-10,13,15H,2-4,7-8,11H2,1H3. The van der Waals surface area contributed by atoms with Crippen LogP contribution in [0.15, 0.2) is 24.3 Å². The number of hydrogen-bond acceptors (Lipinski definition) is 2. The highest BCUT2D eigenvalue weighted by molar-refractivity contribution is 7.98. The molecule has 16 heavy (non-hydrogen) atoms. The Balaban J connectivity index is 1.92. The highest BCUT2D eigenvalue weighted by Crippen LogP contribution is 2.23. The molecule has 1 aromatic rings. The zero-order valence-electron chi connectivity index (χ0n) is 10.0. The van der Waals surface area contributed by atoms with E-state index in [0.29, 0.717) is 6.04 Å². The van der Waals surface area contributed by atoms with Gasteiger partial charge in [-0.15, -0.1) is 0 Å². The fraction of sp³-hybridized carbons (Fsp3) is 0.571. The Kier molecular flexibility index (Phi) is 4.58. The highest BCUT2D eigenvalue weighted by Gasteiger charge is 2.14. The fourth-order valence-corrected chi connectivity index (χ4v) is 2.90. The Labute approximate surface area is 103 Å². The number of hydrogen-bond donors (Lipinski definition) is 1. The maximum atomic E-state index is 3.65. The molecule has 2 heteroatoms. The first-order valence-corrected chi connectivity index (χ1v) is 7.47. The van der Waals surface area contributed by atoms with Crippen LogP contribution in [0.25, 0.3) is 0 Å². The van der Waals surface area contributed by atoms with Gasteiger partial charge in [-0.2, -0.15) is 11.8 Å². The molecule has 0 radical (unpaired) electrons. The topological polar surface area (TPSA) is 12.0 Å². The van der Waals surface area contributed by atoms with Gasteiger partial charge in [-0.1, -0.05) is 31.9 Å². The van der Waals surface area contributed by atoms with E-state index in [1.165, 1.54) is 42.7 Å². The molecule has 0 saturated heterocycles. The maximum Gasteiger partial charge on any atom is 0.0345 e. The zero-order chi connectivity index (χ0) is 11.2. The summed E-state index contributed by atoms with van der Waals surface area (Å²) in [5, 5.41) is 3.65. The summed E-state index contributed by atoms with van der Waals surface area (Å²) < 4.78 is 0. The van der Waals surface area contributed by atoms with Crippen molar-refractivity contribution in [2.24, 2.45) is 0 Å². The molecule has 1 nitrogen and oxygen atoms in total. The van der Waals surface area contributed by atoms with Crippen molar-refractivity contribution in [3.63, 3.8) is 0 Å². The summed E-state index contributed by atoms with van der Waals surface area (Å²) in [5.74, 6) is 2.33. The second-order valence-electron chi connectivity index (χ2n) is 4.46. The average Bonchev–Trinajstić information content (AvgIpc) is 2.80. The van der Waals surface area contributed by atoms with Crippen LogP contribution in [-0.2, 0) is 5.75 Å². The van der Waals surface area contributed by atoms with Gasteiger partial charge in [-0.05, 0) is 36.3 Å². The Morgan fingerprint density at radius 1 is 1.31 bits per heavy atom. The highest BCUT2D eigenvalue weighted by atomic mass is 32.2. The molecular weight excluding hydrogens is 214 g/mol. The van der Waals surface area contributed by atoms with Gasteiger partial charge in [0.05, 0.1) is 0 Å². The lowest BCUT2D eigenvalue weighted by molar-refractivity contribution is 0.755. The molecule has 1 saturated carbocycles. The van der Waals surface area contributed by atoms with Crippen LogP contribution < -0.4 is 5.32 Å². The minimum absolute atomic E-state index is 0.717. The van der Waals surface area contributed by atoms with Crippen LogP contribution in [0.2, 0.25) is 0 Å². The second-order valence-corrected chi connectivity index (χ2v) is 5.74. The van der Waals surface area contributed by atoms with E-state index in [4.69, 9.17) is 0 Å². The summed E-state index contributed by atoms with van der Waals surface area (Å²) in [6, 6.07) is 9.61. The molecule has 0 unspecified atom stereocenters. The van der Waals surface area contributed by atoms with E-state index >= 15 is 0 Å². The first kappa shape index (κ1) is 11.8. The molecule has 0 atom stereocenters. The third kappa shape index (κ3) is 3.44. The van der Waals surface area contributed by atoms with Gasteiger partial charge in [0.15, 0.2) is 0 Å². The van der Waals surface area contributed by atoms with Gasteiger partial charge in [-0.3, -0.25) is 0 Å². The molecule has 1 N–H and O–H groups in total. The lowest BCUT2D eigenvalue weighted by Gasteiger charge is -2.14. The van der Waals surface area contributed by atoms with Gasteiger partial charge < -0.3 is 5.32 Å². The summed E-state index contributed by atoms with van der Waals surface area (Å²) in [7, 11) is 0. The Bertz CT molecular complexity index is 318. The summed E-state index contributed by atoms with van der Waals surface area (Å²) in [6.07, 6.45) is 5.47. The summed E-state index contributed by atoms with van der Waals surface area (Å²) in [5.41, 5.74) is 2.75. The lowest BCUT2D eigenvalue weighted by Crippen LogP contribution is -2.14. The average molecular weight is 235 g/mol. The van der Waals surface area contributed by atoms with Crippen LogP contribution in [0.1, 0.15) is 38.2 Å². The first-order valence-electron chi connectivity index (χ1n) is 6.31. The van der Waals surface area contributed by atoms with E-state index in [9.17, 15) is 0 Å². The Morgan fingerprint density at radius 2 is 2.12 bits per heavy atom. The van der Waals surface area contributed by atoms with Crippen LogP contribution >= 0.6 is 11.8 Å². The van der Waals surface area contributed by atoms with Crippen LogP contribution in [0, 0.1) is 0 Å². The molecule has 2 rings (SSSR count). The monoisotopic (exact) mass is 235 g/mol. The van der Waals surface area contributed by atoms with Crippen molar-refractivity contribution in [3.05, 3.63) is 29.8 Å². The van der Waals surface area contributed by atoms with Crippen molar-refractivity contribution < 1.29 is 0 Å². The summed E-state index contributed by atoms with van der Waals surface area (Å²) in [4.78, 5) is 0. The molecule has 0 amide bonds. The third-order valence-corrected chi connectivity index (χ3v) is 4.07. The van der Waals surface area contributed by atoms with E-state index in [0.717, 1.165) is 5.75 Å². The minimum Gasteiger partial charge on any atom is -0.382 e. The summed E-state index contributed by atoms with van der Waals surface area (Å²) in [6.45, 7) is 2.21. The minimum atomic E-state index is 0.717. The molecule has 0 bridgehead atoms. The van der Waals surface area contributed by atoms with E-state index in [-0.39, 0.29) is 0 Å². The van der Waals surface area contributed by atoms with Crippen molar-refractivity contribution in [3.8, 4) is 0 Å². The summed E-state index contributed by atoms with van der Waals surface area (Å²) >= 11 is 1.98. The molecule has 0 heterocycles. The van der Waals surface area contributed by atoms with Gasteiger partial charge in [0, 0.05) is 17.5 Å². The number of nitrogens with one attached hydrogen (secondary N) is 1. The Morgan fingerprint density at radius 3 is 2.88 bits per heavy atom. The van der Waals surface area contributed by atoms with E-state index in [1.54, 1.807) is 0 Å². The predicted octanol–water partition coefficient (Wildman–Crippen LogP) is 4.29. The normalized spacial score (nSPS) is 16.6. The largest absolute Gasteiger partial charge is 0.382 e. The number of thioether (sulfide) groups is 1. The quantitative estimate of drug-likeness (QED) is 0.817. The molecular formula is C14H21NS. The molecule has 1 aromatic carbocycles. The van der Waals surface area contributed by atoms with Crippen LogP contribution in [0.5, 0.6) is 0 Å². The SMILES string of the molecule is CCSCc1cccc(NC2CCCC2)c1. The predicted molar refractivity (Wildman–Crippen MR) is 74.2 cm³/mol. The number of benzene rings is 1. The van der Waals surface area contributed by atoms with Crippen molar-refractivity contribution in [1.82, 2.24) is 0 Å². The van der Waals surface area contributed by atoms with Crippen LogP contribution in [0.4, 0.5) is 5.69 Å². The molecule has 0 aromatic heterocycles. The molecule has 1 aliphatic carbocycles.